The Labute approximate surface area is 159 Å². The van der Waals surface area contributed by atoms with Gasteiger partial charge in [0.15, 0.2) is 0 Å². The zero-order valence-electron chi connectivity index (χ0n) is 15.0. The molecule has 2 aromatic carbocycles. The Balaban J connectivity index is 2.30. The molecule has 0 aliphatic heterocycles. The summed E-state index contributed by atoms with van der Waals surface area (Å²) in [4.78, 5) is 11.9. The molecule has 0 amide bonds. The van der Waals surface area contributed by atoms with Crippen molar-refractivity contribution in [1.82, 2.24) is 4.57 Å². The van der Waals surface area contributed by atoms with Gasteiger partial charge in [-0.1, -0.05) is 30.3 Å². The van der Waals surface area contributed by atoms with Gasteiger partial charge in [0.25, 0.3) is 5.60 Å². The molecule has 0 aliphatic carbocycles. The number of hydrogen-bond acceptors (Lipinski definition) is 3. The fourth-order valence-electron chi connectivity index (χ4n) is 3.33. The summed E-state index contributed by atoms with van der Waals surface area (Å²) in [5, 5.41) is 9.67. The molecule has 0 saturated carbocycles. The number of carboxylic acids is 1. The minimum absolute atomic E-state index is 0.0871. The van der Waals surface area contributed by atoms with Crippen LogP contribution in [0.5, 0.6) is 0 Å². The fourth-order valence-corrected chi connectivity index (χ4v) is 3.33. The smallest absolute Gasteiger partial charge is 0.432 e. The number of rotatable bonds is 6. The molecule has 0 aliphatic rings. The molecule has 1 aromatic heterocycles. The van der Waals surface area contributed by atoms with Crippen LogP contribution in [-0.2, 0) is 21.7 Å². The first-order valence-corrected chi connectivity index (χ1v) is 8.57. The Morgan fingerprint density at radius 1 is 1.18 bits per heavy atom. The molecule has 1 heterocycles. The highest BCUT2D eigenvalue weighted by Crippen LogP contribution is 2.46. The van der Waals surface area contributed by atoms with Crippen molar-refractivity contribution < 1.29 is 27.8 Å². The van der Waals surface area contributed by atoms with Gasteiger partial charge in [-0.25, -0.2) is 4.79 Å². The van der Waals surface area contributed by atoms with Gasteiger partial charge in [0.05, 0.1) is 0 Å². The largest absolute Gasteiger partial charge is 0.479 e. The standard InChI is InChI=1S/C20H19F3N2O3/c1-2-28-19(18(26)27,20(21,22)23)16-12-25(11-13-6-4-3-5-7-13)17-9-8-14(24)10-15(16)17/h3-10,12H,2,11,24H2,1H3,(H,26,27). The monoisotopic (exact) mass is 392 g/mol. The van der Waals surface area contributed by atoms with Crippen LogP contribution in [-0.4, -0.2) is 28.4 Å². The van der Waals surface area contributed by atoms with Crippen LogP contribution < -0.4 is 5.73 Å². The van der Waals surface area contributed by atoms with Crippen LogP contribution in [0.2, 0.25) is 0 Å². The fraction of sp³-hybridized carbons (Fsp3) is 0.250. The van der Waals surface area contributed by atoms with E-state index in [4.69, 9.17) is 10.5 Å². The number of hydrogen-bond donors (Lipinski definition) is 2. The molecule has 0 radical (unpaired) electrons. The topological polar surface area (TPSA) is 77.5 Å². The molecule has 0 saturated heterocycles. The van der Waals surface area contributed by atoms with E-state index in [0.717, 1.165) is 5.56 Å². The van der Waals surface area contributed by atoms with E-state index in [9.17, 15) is 23.1 Å². The third-order valence-corrected chi connectivity index (χ3v) is 4.54. The second kappa shape index (κ2) is 7.20. The maximum absolute atomic E-state index is 14.0. The van der Waals surface area contributed by atoms with Crippen LogP contribution >= 0.6 is 0 Å². The highest BCUT2D eigenvalue weighted by atomic mass is 19.4. The van der Waals surface area contributed by atoms with Gasteiger partial charge in [-0.05, 0) is 30.7 Å². The molecule has 28 heavy (non-hydrogen) atoms. The Hall–Kier alpha value is -3.00. The maximum Gasteiger partial charge on any atom is 0.432 e. The molecule has 148 valence electrons. The van der Waals surface area contributed by atoms with Crippen molar-refractivity contribution in [3.8, 4) is 0 Å². The zero-order chi connectivity index (χ0) is 20.5. The first-order valence-electron chi connectivity index (χ1n) is 8.57. The van der Waals surface area contributed by atoms with Gasteiger partial charge in [-0.2, -0.15) is 13.2 Å². The molecule has 8 heteroatoms. The van der Waals surface area contributed by atoms with Crippen LogP contribution in [0, 0.1) is 0 Å². The van der Waals surface area contributed by atoms with E-state index in [1.807, 2.05) is 30.3 Å². The minimum atomic E-state index is -5.18. The number of ether oxygens (including phenoxy) is 1. The first-order chi connectivity index (χ1) is 13.2. The van der Waals surface area contributed by atoms with Gasteiger partial charge in [0, 0.05) is 41.5 Å². The van der Waals surface area contributed by atoms with E-state index in [-0.39, 0.29) is 17.6 Å². The summed E-state index contributed by atoms with van der Waals surface area (Å²) in [6.45, 7) is 1.15. The highest BCUT2D eigenvalue weighted by molar-refractivity contribution is 5.93. The Morgan fingerprint density at radius 2 is 1.86 bits per heavy atom. The molecule has 1 unspecified atom stereocenters. The summed E-state index contributed by atoms with van der Waals surface area (Å²) in [5.74, 6) is -2.12. The zero-order valence-corrected chi connectivity index (χ0v) is 15.0. The predicted molar refractivity (Wildman–Crippen MR) is 98.9 cm³/mol. The molecular formula is C20H19F3N2O3. The van der Waals surface area contributed by atoms with E-state index < -0.39 is 29.9 Å². The number of nitrogens with two attached hydrogens (primary N) is 1. The number of halogens is 3. The quantitative estimate of drug-likeness (QED) is 0.618. The number of nitrogen functional groups attached to an aromatic ring is 1. The third kappa shape index (κ3) is 3.20. The van der Waals surface area contributed by atoms with E-state index in [1.165, 1.54) is 19.2 Å². The van der Waals surface area contributed by atoms with Gasteiger partial charge < -0.3 is 20.1 Å². The average Bonchev–Trinajstić information content (AvgIpc) is 2.96. The highest BCUT2D eigenvalue weighted by Gasteiger charge is 2.64. The first kappa shape index (κ1) is 19.8. The van der Waals surface area contributed by atoms with E-state index in [0.29, 0.717) is 5.52 Å². The average molecular weight is 392 g/mol. The van der Waals surface area contributed by atoms with Crippen molar-refractivity contribution >= 4 is 22.6 Å². The van der Waals surface area contributed by atoms with Crippen molar-refractivity contribution in [1.29, 1.82) is 0 Å². The summed E-state index contributed by atoms with van der Waals surface area (Å²) in [6, 6.07) is 13.6. The lowest BCUT2D eigenvalue weighted by Gasteiger charge is -2.31. The molecule has 1 atom stereocenters. The lowest BCUT2D eigenvalue weighted by molar-refractivity contribution is -0.279. The van der Waals surface area contributed by atoms with Gasteiger partial charge in [-0.15, -0.1) is 0 Å². The van der Waals surface area contributed by atoms with Crippen LogP contribution in [0.25, 0.3) is 10.9 Å². The summed E-state index contributed by atoms with van der Waals surface area (Å²) in [7, 11) is 0. The number of carbonyl (C=O) groups is 1. The Morgan fingerprint density at radius 3 is 2.43 bits per heavy atom. The molecule has 0 fully saturated rings. The molecule has 0 spiro atoms. The van der Waals surface area contributed by atoms with E-state index in [1.54, 1.807) is 16.7 Å². The number of nitrogens with zero attached hydrogens (tertiary/aromatic N) is 1. The number of aromatic nitrogens is 1. The van der Waals surface area contributed by atoms with Crippen molar-refractivity contribution in [3.05, 3.63) is 65.9 Å². The van der Waals surface area contributed by atoms with E-state index >= 15 is 0 Å². The van der Waals surface area contributed by atoms with Gasteiger partial charge >= 0.3 is 12.1 Å². The lowest BCUT2D eigenvalue weighted by atomic mass is 9.92. The van der Waals surface area contributed by atoms with Crippen molar-refractivity contribution in [3.63, 3.8) is 0 Å². The van der Waals surface area contributed by atoms with Crippen LogP contribution in [0.15, 0.2) is 54.7 Å². The summed E-state index contributed by atoms with van der Waals surface area (Å²) >= 11 is 0. The van der Waals surface area contributed by atoms with Crippen molar-refractivity contribution in [2.75, 3.05) is 12.3 Å². The molecule has 5 nitrogen and oxygen atoms in total. The number of benzene rings is 2. The number of aliphatic carboxylic acids is 1. The molecule has 3 rings (SSSR count). The second-order valence-electron chi connectivity index (χ2n) is 6.35. The van der Waals surface area contributed by atoms with Gasteiger partial charge in [0.2, 0.25) is 0 Å². The van der Waals surface area contributed by atoms with E-state index in [2.05, 4.69) is 0 Å². The molecular weight excluding hydrogens is 373 g/mol. The Bertz CT molecular complexity index is 999. The summed E-state index contributed by atoms with van der Waals surface area (Å²) < 4.78 is 48.5. The van der Waals surface area contributed by atoms with Gasteiger partial charge in [0.1, 0.15) is 0 Å². The Kier molecular flexibility index (Phi) is 5.08. The second-order valence-corrected chi connectivity index (χ2v) is 6.35. The van der Waals surface area contributed by atoms with Crippen LogP contribution in [0.4, 0.5) is 18.9 Å². The lowest BCUT2D eigenvalue weighted by Crippen LogP contribution is -2.51. The van der Waals surface area contributed by atoms with Crippen LogP contribution in [0.3, 0.4) is 0 Å². The molecule has 0 bridgehead atoms. The maximum atomic E-state index is 14.0. The molecule has 3 N–H and O–H groups in total. The van der Waals surface area contributed by atoms with Crippen molar-refractivity contribution in [2.45, 2.75) is 25.2 Å². The van der Waals surface area contributed by atoms with Crippen LogP contribution in [0.1, 0.15) is 18.1 Å². The summed E-state index contributed by atoms with van der Waals surface area (Å²) in [5.41, 5.74) is 3.31. The van der Waals surface area contributed by atoms with Gasteiger partial charge in [-0.3, -0.25) is 0 Å². The summed E-state index contributed by atoms with van der Waals surface area (Å²) in [6.07, 6.45) is -3.99. The number of carboxylic acid groups (broad SMARTS) is 1. The third-order valence-electron chi connectivity index (χ3n) is 4.54. The number of fused-ring (bicyclic) bond motifs is 1. The van der Waals surface area contributed by atoms with Crippen molar-refractivity contribution in [2.24, 2.45) is 0 Å². The SMILES string of the molecule is CCOC(C(=O)O)(c1cn(Cc2ccccc2)c2ccc(N)cc12)C(F)(F)F. The predicted octanol–water partition coefficient (Wildman–Crippen LogP) is 4.15. The number of anilines is 1. The minimum Gasteiger partial charge on any atom is -0.479 e. The number of alkyl halides is 3. The molecule has 3 aromatic rings. The normalized spacial score (nSPS) is 14.1.